The maximum Gasteiger partial charge on any atom is 0.246 e. The van der Waals surface area contributed by atoms with Gasteiger partial charge < -0.3 is 15.1 Å². The quantitative estimate of drug-likeness (QED) is 0.530. The molecule has 3 aromatic rings. The number of amides is 1. The van der Waals surface area contributed by atoms with Crippen LogP contribution in [-0.4, -0.2) is 63.0 Å². The first-order valence-electron chi connectivity index (χ1n) is 9.48. The molecule has 1 aliphatic rings. The van der Waals surface area contributed by atoms with Gasteiger partial charge >= 0.3 is 0 Å². The zero-order valence-corrected chi connectivity index (χ0v) is 16.6. The van der Waals surface area contributed by atoms with Gasteiger partial charge in [0.05, 0.1) is 29.8 Å². The van der Waals surface area contributed by atoms with Crippen molar-refractivity contribution in [2.75, 3.05) is 31.6 Å². The van der Waals surface area contributed by atoms with Crippen molar-refractivity contribution in [2.45, 2.75) is 6.54 Å². The predicted molar refractivity (Wildman–Crippen MR) is 111 cm³/mol. The molecular formula is C20H24N8O. The van der Waals surface area contributed by atoms with Crippen LogP contribution in [0.15, 0.2) is 60.0 Å². The minimum atomic E-state index is 0.0283. The number of anilines is 1. The lowest BCUT2D eigenvalue weighted by molar-refractivity contribution is -0.120. The largest absolute Gasteiger partial charge is 0.351 e. The maximum absolute atomic E-state index is 12.6. The third kappa shape index (κ3) is 4.13. The summed E-state index contributed by atoms with van der Waals surface area (Å²) in [4.78, 5) is 20.7. The van der Waals surface area contributed by atoms with Gasteiger partial charge in [0, 0.05) is 39.6 Å². The van der Waals surface area contributed by atoms with E-state index in [4.69, 9.17) is 0 Å². The summed E-state index contributed by atoms with van der Waals surface area (Å²) in [5.41, 5.74) is 2.74. The van der Waals surface area contributed by atoms with E-state index in [-0.39, 0.29) is 12.5 Å². The third-order valence-corrected chi connectivity index (χ3v) is 4.83. The number of benzene rings is 1. The van der Waals surface area contributed by atoms with Gasteiger partial charge in [-0.2, -0.15) is 10.2 Å². The van der Waals surface area contributed by atoms with Gasteiger partial charge in [-0.1, -0.05) is 18.2 Å². The highest BCUT2D eigenvalue weighted by Crippen LogP contribution is 2.16. The number of nitrogens with zero attached hydrogens (tertiary/aromatic N) is 7. The maximum atomic E-state index is 12.6. The Morgan fingerprint density at radius 2 is 2.00 bits per heavy atom. The fraction of sp³-hybridized carbons (Fsp3) is 0.300. The van der Waals surface area contributed by atoms with E-state index in [9.17, 15) is 4.79 Å². The highest BCUT2D eigenvalue weighted by atomic mass is 16.2. The normalized spacial score (nSPS) is 15.1. The number of aryl methyl sites for hydroxylation is 1. The molecule has 0 unspecified atom stereocenters. The van der Waals surface area contributed by atoms with Crippen LogP contribution >= 0.6 is 0 Å². The van der Waals surface area contributed by atoms with Gasteiger partial charge in [0.25, 0.3) is 0 Å². The van der Waals surface area contributed by atoms with Crippen LogP contribution < -0.4 is 10.2 Å². The van der Waals surface area contributed by atoms with Gasteiger partial charge in [-0.3, -0.25) is 14.5 Å². The van der Waals surface area contributed by atoms with Crippen LogP contribution in [-0.2, 0) is 18.4 Å². The first-order chi connectivity index (χ1) is 14.1. The summed E-state index contributed by atoms with van der Waals surface area (Å²) in [7, 11) is 3.57. The van der Waals surface area contributed by atoms with Crippen molar-refractivity contribution in [1.29, 1.82) is 0 Å². The van der Waals surface area contributed by atoms with Crippen molar-refractivity contribution >= 4 is 17.6 Å². The first-order valence-corrected chi connectivity index (χ1v) is 9.48. The SMILES string of the molecule is CN=C(NCc1ccn(-c2ccccc2)n1)N1CCN(c2cnn(C)c2)C(=O)C1. The molecule has 0 saturated carbocycles. The summed E-state index contributed by atoms with van der Waals surface area (Å²) in [6.45, 7) is 2.09. The molecule has 29 heavy (non-hydrogen) atoms. The van der Waals surface area contributed by atoms with Crippen molar-refractivity contribution in [3.05, 3.63) is 60.7 Å². The second-order valence-corrected chi connectivity index (χ2v) is 6.83. The number of hydrogen-bond acceptors (Lipinski definition) is 4. The van der Waals surface area contributed by atoms with Gasteiger partial charge in [0.2, 0.25) is 5.91 Å². The summed E-state index contributed by atoms with van der Waals surface area (Å²) in [5.74, 6) is 0.721. The van der Waals surface area contributed by atoms with Crippen LogP contribution in [0, 0.1) is 0 Å². The van der Waals surface area contributed by atoms with Crippen LogP contribution in [0.4, 0.5) is 5.69 Å². The molecule has 1 N–H and O–H groups in total. The molecule has 0 radical (unpaired) electrons. The monoisotopic (exact) mass is 392 g/mol. The minimum absolute atomic E-state index is 0.0283. The number of carbonyl (C=O) groups excluding carboxylic acids is 1. The molecule has 1 amide bonds. The average Bonchev–Trinajstić information content (AvgIpc) is 3.38. The zero-order valence-electron chi connectivity index (χ0n) is 16.6. The predicted octanol–water partition coefficient (Wildman–Crippen LogP) is 1.03. The number of guanidine groups is 1. The lowest BCUT2D eigenvalue weighted by atomic mass is 10.3. The van der Waals surface area contributed by atoms with Crippen molar-refractivity contribution < 1.29 is 4.79 Å². The Kier molecular flexibility index (Phi) is 5.28. The molecule has 9 nitrogen and oxygen atoms in total. The molecule has 0 atom stereocenters. The Morgan fingerprint density at radius 3 is 2.69 bits per heavy atom. The molecule has 3 heterocycles. The Morgan fingerprint density at radius 1 is 1.17 bits per heavy atom. The lowest BCUT2D eigenvalue weighted by Gasteiger charge is -2.35. The molecule has 0 aliphatic carbocycles. The van der Waals surface area contributed by atoms with E-state index < -0.39 is 0 Å². The summed E-state index contributed by atoms with van der Waals surface area (Å²) in [5, 5.41) is 12.1. The molecule has 1 fully saturated rings. The highest BCUT2D eigenvalue weighted by molar-refractivity contribution is 5.98. The molecule has 4 rings (SSSR count). The van der Waals surface area contributed by atoms with Gasteiger partial charge in [-0.25, -0.2) is 4.68 Å². The summed E-state index contributed by atoms with van der Waals surface area (Å²) in [6, 6.07) is 11.9. The van der Waals surface area contributed by atoms with Crippen LogP contribution in [0.5, 0.6) is 0 Å². The molecule has 1 saturated heterocycles. The van der Waals surface area contributed by atoms with E-state index in [0.717, 1.165) is 17.1 Å². The number of carbonyl (C=O) groups is 1. The van der Waals surface area contributed by atoms with E-state index in [0.29, 0.717) is 25.6 Å². The lowest BCUT2D eigenvalue weighted by Crippen LogP contribution is -2.55. The number of rotatable bonds is 4. The Balaban J connectivity index is 1.36. The van der Waals surface area contributed by atoms with Gasteiger partial charge in [-0.15, -0.1) is 0 Å². The number of piperazine rings is 1. The van der Waals surface area contributed by atoms with E-state index in [1.165, 1.54) is 0 Å². The van der Waals surface area contributed by atoms with Crippen molar-refractivity contribution in [3.63, 3.8) is 0 Å². The molecule has 1 aliphatic heterocycles. The van der Waals surface area contributed by atoms with Crippen molar-refractivity contribution in [1.82, 2.24) is 29.8 Å². The first kappa shape index (κ1) is 18.7. The van der Waals surface area contributed by atoms with Crippen molar-refractivity contribution in [3.8, 4) is 5.69 Å². The second kappa shape index (κ2) is 8.17. The van der Waals surface area contributed by atoms with Gasteiger partial charge in [-0.05, 0) is 18.2 Å². The zero-order chi connectivity index (χ0) is 20.2. The number of para-hydroxylation sites is 1. The summed E-state index contributed by atoms with van der Waals surface area (Å²) < 4.78 is 3.54. The molecular weight excluding hydrogens is 368 g/mol. The number of hydrogen-bond donors (Lipinski definition) is 1. The molecule has 150 valence electrons. The molecule has 2 aromatic heterocycles. The molecule has 0 bridgehead atoms. The van der Waals surface area contributed by atoms with Crippen LogP contribution in [0.3, 0.4) is 0 Å². The van der Waals surface area contributed by atoms with Crippen LogP contribution in [0.2, 0.25) is 0 Å². The van der Waals surface area contributed by atoms with Gasteiger partial charge in [0.1, 0.15) is 6.54 Å². The Bertz CT molecular complexity index is 1010. The van der Waals surface area contributed by atoms with E-state index in [1.807, 2.05) is 65.4 Å². The smallest absolute Gasteiger partial charge is 0.246 e. The third-order valence-electron chi connectivity index (χ3n) is 4.83. The van der Waals surface area contributed by atoms with E-state index in [1.54, 1.807) is 22.8 Å². The standard InChI is InChI=1S/C20H24N8O/c1-21-20(22-12-16-8-9-28(24-16)17-6-4-3-5-7-17)26-10-11-27(19(29)15-26)18-13-23-25(2)14-18/h3-9,13-14H,10-12,15H2,1-2H3,(H,21,22). The van der Waals surface area contributed by atoms with E-state index >= 15 is 0 Å². The van der Waals surface area contributed by atoms with Crippen molar-refractivity contribution in [2.24, 2.45) is 12.0 Å². The number of nitrogens with one attached hydrogen (secondary N) is 1. The molecule has 9 heteroatoms. The second-order valence-electron chi connectivity index (χ2n) is 6.83. The average molecular weight is 392 g/mol. The van der Waals surface area contributed by atoms with Crippen LogP contribution in [0.1, 0.15) is 5.69 Å². The molecule has 0 spiro atoms. The topological polar surface area (TPSA) is 83.6 Å². The Hall–Kier alpha value is -3.62. The number of aliphatic imine (C=N–C) groups is 1. The summed E-state index contributed by atoms with van der Waals surface area (Å²) >= 11 is 0. The fourth-order valence-corrected chi connectivity index (χ4v) is 3.36. The van der Waals surface area contributed by atoms with Gasteiger partial charge in [0.15, 0.2) is 5.96 Å². The van der Waals surface area contributed by atoms with E-state index in [2.05, 4.69) is 20.5 Å². The van der Waals surface area contributed by atoms with Crippen LogP contribution in [0.25, 0.3) is 5.69 Å². The highest BCUT2D eigenvalue weighted by Gasteiger charge is 2.27. The summed E-state index contributed by atoms with van der Waals surface area (Å²) in [6.07, 6.45) is 5.50. The Labute approximate surface area is 169 Å². The number of aromatic nitrogens is 4. The fourth-order valence-electron chi connectivity index (χ4n) is 3.36. The molecule has 1 aromatic carbocycles. The minimum Gasteiger partial charge on any atom is -0.351 e.